The van der Waals surface area contributed by atoms with Gasteiger partial charge in [0.05, 0.1) is 18.1 Å². The molecule has 160 valence electrons. The molecule has 1 aliphatic heterocycles. The Bertz CT molecular complexity index is 1130. The van der Waals surface area contributed by atoms with E-state index >= 15 is 0 Å². The Hall–Kier alpha value is -3.25. The normalized spacial score (nSPS) is 17.2. The highest BCUT2D eigenvalue weighted by Gasteiger charge is 2.32. The Balaban J connectivity index is 1.74. The maximum Gasteiger partial charge on any atom is 0.249 e. The number of amides is 2. The van der Waals surface area contributed by atoms with Gasteiger partial charge in [-0.05, 0) is 62.6 Å². The van der Waals surface area contributed by atoms with Gasteiger partial charge >= 0.3 is 0 Å². The third kappa shape index (κ3) is 4.16. The molecule has 2 N–H and O–H groups in total. The molecule has 0 saturated heterocycles. The lowest BCUT2D eigenvalue weighted by molar-refractivity contribution is -0.128. The lowest BCUT2D eigenvalue weighted by Gasteiger charge is -2.28. The lowest BCUT2D eigenvalue weighted by Crippen LogP contribution is -2.52. The Morgan fingerprint density at radius 3 is 2.74 bits per heavy atom. The molecule has 0 radical (unpaired) electrons. The number of nitrogens with one attached hydrogen (secondary N) is 2. The van der Waals surface area contributed by atoms with E-state index in [1.165, 1.54) is 0 Å². The third-order valence-corrected chi connectivity index (χ3v) is 6.11. The molecule has 0 bridgehead atoms. The fraction of sp³-hybridized carbons (Fsp3) is 0.320. The first-order chi connectivity index (χ1) is 15.0. The van der Waals surface area contributed by atoms with Crippen LogP contribution < -0.4 is 15.5 Å². The first-order valence-corrected chi connectivity index (χ1v) is 10.7. The predicted molar refractivity (Wildman–Crippen MR) is 123 cm³/mol. The first-order valence-electron chi connectivity index (χ1n) is 10.7. The number of para-hydroxylation sites is 2. The summed E-state index contributed by atoms with van der Waals surface area (Å²) in [5.74, 6) is -0.251. The summed E-state index contributed by atoms with van der Waals surface area (Å²) < 4.78 is 0. The number of aromatic nitrogens is 1. The smallest absolute Gasteiger partial charge is 0.249 e. The summed E-state index contributed by atoms with van der Waals surface area (Å²) in [6.45, 7) is 4.24. The third-order valence-electron chi connectivity index (χ3n) is 6.11. The number of rotatable bonds is 5. The maximum atomic E-state index is 13.7. The van der Waals surface area contributed by atoms with Gasteiger partial charge in [0.2, 0.25) is 11.8 Å². The second-order valence-corrected chi connectivity index (χ2v) is 8.10. The lowest BCUT2D eigenvalue weighted by atomic mass is 10.0. The molecule has 2 aromatic carbocycles. The zero-order valence-electron chi connectivity index (χ0n) is 18.2. The monoisotopic (exact) mass is 416 g/mol. The zero-order valence-corrected chi connectivity index (χ0v) is 18.2. The molecule has 0 saturated carbocycles. The highest BCUT2D eigenvalue weighted by Crippen LogP contribution is 2.31. The Kier molecular flexibility index (Phi) is 6.00. The summed E-state index contributed by atoms with van der Waals surface area (Å²) in [6, 6.07) is 15.1. The molecule has 6 nitrogen and oxygen atoms in total. The van der Waals surface area contributed by atoms with Crippen LogP contribution in [-0.2, 0) is 22.6 Å². The van der Waals surface area contributed by atoms with Crippen LogP contribution in [0.25, 0.3) is 10.9 Å². The maximum absolute atomic E-state index is 13.7. The molecule has 6 heteroatoms. The Morgan fingerprint density at radius 1 is 1.19 bits per heavy atom. The Morgan fingerprint density at radius 2 is 1.94 bits per heavy atom. The van der Waals surface area contributed by atoms with Crippen molar-refractivity contribution in [2.24, 2.45) is 0 Å². The second-order valence-electron chi connectivity index (χ2n) is 8.10. The van der Waals surface area contributed by atoms with E-state index in [0.717, 1.165) is 39.7 Å². The molecule has 0 fully saturated rings. The molecule has 0 aliphatic carbocycles. The van der Waals surface area contributed by atoms with Crippen molar-refractivity contribution in [3.63, 3.8) is 0 Å². The quantitative estimate of drug-likeness (QED) is 0.670. The van der Waals surface area contributed by atoms with Crippen molar-refractivity contribution in [1.29, 1.82) is 0 Å². The van der Waals surface area contributed by atoms with Crippen molar-refractivity contribution in [3.8, 4) is 0 Å². The highest BCUT2D eigenvalue weighted by atomic mass is 16.2. The van der Waals surface area contributed by atoms with E-state index < -0.39 is 6.04 Å². The molecule has 0 spiro atoms. The van der Waals surface area contributed by atoms with Crippen LogP contribution in [0.3, 0.4) is 0 Å². The standard InChI is InChI=1S/C25H28N4O2/c1-16-14-27-21-10-6-5-9-19(21)20(16)15-29-23-11-7-4-8-18(23)12-13-22(25(29)31)28-24(30)17(2)26-3/h4-11,14,17,22,26H,12-13,15H2,1-3H3,(H,28,30)/t17?,22-/m0/s1. The van der Waals surface area contributed by atoms with Gasteiger partial charge in [-0.2, -0.15) is 0 Å². The van der Waals surface area contributed by atoms with E-state index in [2.05, 4.69) is 21.7 Å². The Labute approximate surface area is 182 Å². The average molecular weight is 417 g/mol. The molecule has 2 heterocycles. The molecule has 3 aromatic rings. The molecule has 1 aromatic heterocycles. The van der Waals surface area contributed by atoms with Gasteiger partial charge < -0.3 is 15.5 Å². The van der Waals surface area contributed by atoms with E-state index in [1.54, 1.807) is 14.0 Å². The van der Waals surface area contributed by atoms with Crippen LogP contribution in [-0.4, -0.2) is 35.9 Å². The topological polar surface area (TPSA) is 74.3 Å². The van der Waals surface area contributed by atoms with Crippen molar-refractivity contribution in [3.05, 3.63) is 71.4 Å². The van der Waals surface area contributed by atoms with Gasteiger partial charge in [-0.3, -0.25) is 14.6 Å². The summed E-state index contributed by atoms with van der Waals surface area (Å²) in [7, 11) is 1.73. The minimum absolute atomic E-state index is 0.0816. The van der Waals surface area contributed by atoms with Crippen molar-refractivity contribution < 1.29 is 9.59 Å². The van der Waals surface area contributed by atoms with Crippen LogP contribution in [0.5, 0.6) is 0 Å². The molecular formula is C25H28N4O2. The van der Waals surface area contributed by atoms with Crippen LogP contribution in [0.15, 0.2) is 54.7 Å². The highest BCUT2D eigenvalue weighted by molar-refractivity contribution is 6.01. The molecule has 1 unspecified atom stereocenters. The molecule has 4 rings (SSSR count). The van der Waals surface area contributed by atoms with Gasteiger partial charge in [-0.15, -0.1) is 0 Å². The van der Waals surface area contributed by atoms with E-state index in [-0.39, 0.29) is 17.9 Å². The summed E-state index contributed by atoms with van der Waals surface area (Å²) in [4.78, 5) is 32.6. The van der Waals surface area contributed by atoms with Gasteiger partial charge in [0, 0.05) is 17.3 Å². The number of anilines is 1. The summed E-state index contributed by atoms with van der Waals surface area (Å²) >= 11 is 0. The predicted octanol–water partition coefficient (Wildman–Crippen LogP) is 3.12. The van der Waals surface area contributed by atoms with Gasteiger partial charge in [-0.25, -0.2) is 0 Å². The molecule has 1 aliphatic rings. The van der Waals surface area contributed by atoms with Crippen molar-refractivity contribution >= 4 is 28.4 Å². The number of hydrogen-bond acceptors (Lipinski definition) is 4. The average Bonchev–Trinajstić information content (AvgIpc) is 2.92. The van der Waals surface area contributed by atoms with E-state index in [1.807, 2.05) is 60.5 Å². The zero-order chi connectivity index (χ0) is 22.0. The van der Waals surface area contributed by atoms with E-state index in [4.69, 9.17) is 0 Å². The summed E-state index contributed by atoms with van der Waals surface area (Å²) in [5.41, 5.74) is 5.05. The van der Waals surface area contributed by atoms with Crippen LogP contribution in [0.1, 0.15) is 30.0 Å². The number of pyridine rings is 1. The second kappa shape index (κ2) is 8.86. The SMILES string of the molecule is CNC(C)C(=O)N[C@H]1CCc2ccccc2N(Cc2c(C)cnc3ccccc23)C1=O. The van der Waals surface area contributed by atoms with Gasteiger partial charge in [0.15, 0.2) is 0 Å². The molecule has 2 atom stereocenters. The van der Waals surface area contributed by atoms with Gasteiger partial charge in [-0.1, -0.05) is 36.4 Å². The van der Waals surface area contributed by atoms with Gasteiger partial charge in [0.25, 0.3) is 0 Å². The summed E-state index contributed by atoms with van der Waals surface area (Å²) in [5, 5.41) is 6.94. The van der Waals surface area contributed by atoms with Crippen LogP contribution >= 0.6 is 0 Å². The molecule has 2 amide bonds. The number of likely N-dealkylation sites (N-methyl/N-ethyl adjacent to an activating group) is 1. The molecule has 31 heavy (non-hydrogen) atoms. The number of nitrogens with zero attached hydrogens (tertiary/aromatic N) is 2. The minimum atomic E-state index is -0.566. The number of aryl methyl sites for hydroxylation is 2. The summed E-state index contributed by atoms with van der Waals surface area (Å²) in [6.07, 6.45) is 3.16. The van der Waals surface area contributed by atoms with E-state index in [9.17, 15) is 9.59 Å². The molecular weight excluding hydrogens is 388 g/mol. The van der Waals surface area contributed by atoms with Crippen LogP contribution in [0, 0.1) is 6.92 Å². The van der Waals surface area contributed by atoms with Crippen LogP contribution in [0.2, 0.25) is 0 Å². The number of carbonyl (C=O) groups excluding carboxylic acids is 2. The first kappa shape index (κ1) is 21.0. The largest absolute Gasteiger partial charge is 0.343 e. The van der Waals surface area contributed by atoms with Crippen molar-refractivity contribution in [1.82, 2.24) is 15.6 Å². The minimum Gasteiger partial charge on any atom is -0.343 e. The van der Waals surface area contributed by atoms with Crippen molar-refractivity contribution in [2.75, 3.05) is 11.9 Å². The number of hydrogen-bond donors (Lipinski definition) is 2. The van der Waals surface area contributed by atoms with E-state index in [0.29, 0.717) is 13.0 Å². The number of carbonyl (C=O) groups is 2. The number of fused-ring (bicyclic) bond motifs is 2. The number of benzene rings is 2. The fourth-order valence-electron chi connectivity index (χ4n) is 4.11. The van der Waals surface area contributed by atoms with Gasteiger partial charge in [0.1, 0.15) is 6.04 Å². The van der Waals surface area contributed by atoms with Crippen molar-refractivity contribution in [2.45, 2.75) is 45.3 Å². The fourth-order valence-corrected chi connectivity index (χ4v) is 4.11. The van der Waals surface area contributed by atoms with Crippen LogP contribution in [0.4, 0.5) is 5.69 Å².